The van der Waals surface area contributed by atoms with Crippen molar-refractivity contribution in [1.29, 1.82) is 5.26 Å². The molecular formula is C20H13F3N4OS. The number of amides is 1. The number of hydrogen-bond donors (Lipinski definition) is 1. The van der Waals surface area contributed by atoms with Crippen molar-refractivity contribution >= 4 is 23.4 Å². The fourth-order valence-corrected chi connectivity index (χ4v) is 3.24. The molecule has 3 aromatic rings. The van der Waals surface area contributed by atoms with Gasteiger partial charge in [-0.15, -0.1) is 11.8 Å². The first-order valence-corrected chi connectivity index (χ1v) is 9.26. The zero-order valence-corrected chi connectivity index (χ0v) is 15.6. The van der Waals surface area contributed by atoms with Crippen LogP contribution in [0, 0.1) is 11.3 Å². The number of benzene rings is 2. The van der Waals surface area contributed by atoms with E-state index in [0.29, 0.717) is 11.3 Å². The summed E-state index contributed by atoms with van der Waals surface area (Å²) in [6, 6.07) is 11.3. The number of aromatic nitrogens is 2. The fourth-order valence-electron chi connectivity index (χ4n) is 2.48. The van der Waals surface area contributed by atoms with E-state index in [-0.39, 0.29) is 5.69 Å². The van der Waals surface area contributed by atoms with Crippen LogP contribution in [-0.2, 0) is 11.9 Å². The van der Waals surface area contributed by atoms with E-state index in [9.17, 15) is 18.0 Å². The van der Waals surface area contributed by atoms with Gasteiger partial charge in [0.1, 0.15) is 5.03 Å². The molecule has 146 valence electrons. The molecule has 0 saturated carbocycles. The molecule has 0 atom stereocenters. The van der Waals surface area contributed by atoms with Crippen LogP contribution in [0.25, 0.3) is 0 Å². The molecular weight excluding hydrogens is 401 g/mol. The lowest BCUT2D eigenvalue weighted by Crippen LogP contribution is -2.14. The molecule has 1 heterocycles. The monoisotopic (exact) mass is 414 g/mol. The Labute approximate surface area is 168 Å². The summed E-state index contributed by atoms with van der Waals surface area (Å²) in [5.41, 5.74) is -0.476. The number of rotatable bonds is 5. The second-order valence-electron chi connectivity index (χ2n) is 5.86. The van der Waals surface area contributed by atoms with E-state index in [0.717, 1.165) is 22.7 Å². The number of halogens is 3. The maximum atomic E-state index is 13.1. The Kier molecular flexibility index (Phi) is 6.14. The second-order valence-corrected chi connectivity index (χ2v) is 6.85. The topological polar surface area (TPSA) is 78.7 Å². The third-order valence-corrected chi connectivity index (χ3v) is 4.80. The van der Waals surface area contributed by atoms with Gasteiger partial charge < -0.3 is 5.32 Å². The highest BCUT2D eigenvalue weighted by atomic mass is 32.2. The standard InChI is InChI=1S/C20H13F3N4OS/c21-20(22,23)17-9-16(5-4-15(17)10-24)27-19(28)14-3-1-2-13(8-14)12-29-18-11-25-6-7-26-18/h1-9,11H,12H2,(H,27,28). The molecule has 0 bridgehead atoms. The molecule has 0 saturated heterocycles. The number of nitrogens with zero attached hydrogens (tertiary/aromatic N) is 3. The molecule has 5 nitrogen and oxygen atoms in total. The van der Waals surface area contributed by atoms with Gasteiger partial charge in [0.2, 0.25) is 0 Å². The molecule has 0 aliphatic carbocycles. The van der Waals surface area contributed by atoms with Crippen LogP contribution in [0.3, 0.4) is 0 Å². The van der Waals surface area contributed by atoms with Crippen LogP contribution in [-0.4, -0.2) is 15.9 Å². The summed E-state index contributed by atoms with van der Waals surface area (Å²) in [5, 5.41) is 12.0. The highest BCUT2D eigenvalue weighted by molar-refractivity contribution is 7.98. The highest BCUT2D eigenvalue weighted by Crippen LogP contribution is 2.33. The van der Waals surface area contributed by atoms with E-state index < -0.39 is 23.2 Å². The van der Waals surface area contributed by atoms with Crippen molar-refractivity contribution in [3.05, 3.63) is 83.3 Å². The summed E-state index contributed by atoms with van der Waals surface area (Å²) < 4.78 is 39.2. The number of carbonyl (C=O) groups is 1. The first kappa shape index (κ1) is 20.4. The molecule has 0 radical (unpaired) electrons. The average molecular weight is 414 g/mol. The Morgan fingerprint density at radius 2 is 2.00 bits per heavy atom. The minimum atomic E-state index is -4.69. The SMILES string of the molecule is N#Cc1ccc(NC(=O)c2cccc(CSc3cnccn3)c2)cc1C(F)(F)F. The van der Waals surface area contributed by atoms with E-state index >= 15 is 0 Å². The van der Waals surface area contributed by atoms with Crippen molar-refractivity contribution in [2.24, 2.45) is 0 Å². The lowest BCUT2D eigenvalue weighted by atomic mass is 10.1. The zero-order chi connectivity index (χ0) is 20.9. The van der Waals surface area contributed by atoms with Crippen molar-refractivity contribution < 1.29 is 18.0 Å². The van der Waals surface area contributed by atoms with Crippen LogP contribution in [0.1, 0.15) is 27.0 Å². The van der Waals surface area contributed by atoms with Crippen molar-refractivity contribution in [1.82, 2.24) is 9.97 Å². The molecule has 0 aliphatic heterocycles. The van der Waals surface area contributed by atoms with Crippen LogP contribution < -0.4 is 5.32 Å². The molecule has 0 aliphatic rings. The molecule has 29 heavy (non-hydrogen) atoms. The molecule has 3 rings (SSSR count). The Morgan fingerprint density at radius 1 is 1.17 bits per heavy atom. The lowest BCUT2D eigenvalue weighted by Gasteiger charge is -2.12. The van der Waals surface area contributed by atoms with Gasteiger partial charge in [0, 0.05) is 29.4 Å². The number of carbonyl (C=O) groups excluding carboxylic acids is 1. The number of nitriles is 1. The summed E-state index contributed by atoms with van der Waals surface area (Å²) in [6.07, 6.45) is 0.0923. The van der Waals surface area contributed by atoms with Gasteiger partial charge >= 0.3 is 6.18 Å². The van der Waals surface area contributed by atoms with Crippen molar-refractivity contribution in [2.75, 3.05) is 5.32 Å². The Balaban J connectivity index is 1.74. The second kappa shape index (κ2) is 8.75. The van der Waals surface area contributed by atoms with Gasteiger partial charge in [-0.1, -0.05) is 12.1 Å². The Hall–Kier alpha value is -3.38. The van der Waals surface area contributed by atoms with Gasteiger partial charge in [-0.3, -0.25) is 9.78 Å². The smallest absolute Gasteiger partial charge is 0.322 e. The van der Waals surface area contributed by atoms with Crippen molar-refractivity contribution in [3.63, 3.8) is 0 Å². The number of thioether (sulfide) groups is 1. The van der Waals surface area contributed by atoms with Crippen LogP contribution >= 0.6 is 11.8 Å². The number of anilines is 1. The molecule has 0 fully saturated rings. The summed E-state index contributed by atoms with van der Waals surface area (Å²) >= 11 is 1.45. The normalized spacial score (nSPS) is 11.0. The molecule has 1 amide bonds. The van der Waals surface area contributed by atoms with Crippen LogP contribution in [0.2, 0.25) is 0 Å². The predicted molar refractivity (Wildman–Crippen MR) is 102 cm³/mol. The van der Waals surface area contributed by atoms with Crippen LogP contribution in [0.5, 0.6) is 0 Å². The third-order valence-electron chi connectivity index (χ3n) is 3.82. The largest absolute Gasteiger partial charge is 0.417 e. The maximum absolute atomic E-state index is 13.1. The molecule has 2 aromatic carbocycles. The summed E-state index contributed by atoms with van der Waals surface area (Å²) in [5.74, 6) is 0.00345. The Bertz CT molecular complexity index is 1070. The number of hydrogen-bond acceptors (Lipinski definition) is 5. The number of nitrogens with one attached hydrogen (secondary N) is 1. The van der Waals surface area contributed by atoms with Crippen LogP contribution in [0.4, 0.5) is 18.9 Å². The van der Waals surface area contributed by atoms with E-state index in [1.807, 2.05) is 6.07 Å². The average Bonchev–Trinajstić information content (AvgIpc) is 2.72. The van der Waals surface area contributed by atoms with Gasteiger partial charge in [-0.25, -0.2) is 4.98 Å². The van der Waals surface area contributed by atoms with Crippen molar-refractivity contribution in [2.45, 2.75) is 17.0 Å². The first-order chi connectivity index (χ1) is 13.9. The van der Waals surface area contributed by atoms with Gasteiger partial charge in [0.05, 0.1) is 23.4 Å². The minimum Gasteiger partial charge on any atom is -0.322 e. The minimum absolute atomic E-state index is 0.0411. The van der Waals surface area contributed by atoms with Gasteiger partial charge in [-0.05, 0) is 35.9 Å². The van der Waals surface area contributed by atoms with Gasteiger partial charge in [0.15, 0.2) is 0 Å². The molecule has 1 aromatic heterocycles. The molecule has 0 unspecified atom stereocenters. The quantitative estimate of drug-likeness (QED) is 0.600. The van der Waals surface area contributed by atoms with E-state index in [1.165, 1.54) is 23.9 Å². The Morgan fingerprint density at radius 3 is 2.69 bits per heavy atom. The lowest BCUT2D eigenvalue weighted by molar-refractivity contribution is -0.137. The zero-order valence-electron chi connectivity index (χ0n) is 14.8. The number of alkyl halides is 3. The van der Waals surface area contributed by atoms with Gasteiger partial charge in [0.25, 0.3) is 5.91 Å². The fraction of sp³-hybridized carbons (Fsp3) is 0.100. The predicted octanol–water partition coefficient (Wildman–Crippen LogP) is 4.91. The molecule has 0 spiro atoms. The van der Waals surface area contributed by atoms with Crippen molar-refractivity contribution in [3.8, 4) is 6.07 Å². The third kappa shape index (κ3) is 5.33. The molecule has 1 N–H and O–H groups in total. The molecule has 9 heteroatoms. The first-order valence-electron chi connectivity index (χ1n) is 8.27. The summed E-state index contributed by atoms with van der Waals surface area (Å²) in [7, 11) is 0. The van der Waals surface area contributed by atoms with Gasteiger partial charge in [-0.2, -0.15) is 18.4 Å². The summed E-state index contributed by atoms with van der Waals surface area (Å²) in [4.78, 5) is 20.6. The maximum Gasteiger partial charge on any atom is 0.417 e. The van der Waals surface area contributed by atoms with E-state index in [1.54, 1.807) is 36.8 Å². The van der Waals surface area contributed by atoms with Crippen LogP contribution in [0.15, 0.2) is 66.1 Å². The highest BCUT2D eigenvalue weighted by Gasteiger charge is 2.34. The summed E-state index contributed by atoms with van der Waals surface area (Å²) in [6.45, 7) is 0. The van der Waals surface area contributed by atoms with E-state index in [4.69, 9.17) is 5.26 Å². The van der Waals surface area contributed by atoms with E-state index in [2.05, 4.69) is 15.3 Å².